The van der Waals surface area contributed by atoms with E-state index in [0.29, 0.717) is 30.4 Å². The van der Waals surface area contributed by atoms with Crippen LogP contribution in [0.5, 0.6) is 0 Å². The van der Waals surface area contributed by atoms with Gasteiger partial charge in [-0.25, -0.2) is 9.97 Å². The maximum Gasteiger partial charge on any atom is 0.274 e. The molecule has 0 spiro atoms. The summed E-state index contributed by atoms with van der Waals surface area (Å²) in [6.45, 7) is 2.97. The van der Waals surface area contributed by atoms with Crippen LogP contribution in [-0.4, -0.2) is 57.9 Å². The highest BCUT2D eigenvalue weighted by molar-refractivity contribution is 5.92. The Morgan fingerprint density at radius 2 is 2.12 bits per heavy atom. The zero-order valence-corrected chi connectivity index (χ0v) is 14.0. The molecule has 0 bridgehead atoms. The number of aromatic amines is 1. The highest BCUT2D eigenvalue weighted by Gasteiger charge is 2.30. The lowest BCUT2D eigenvalue weighted by Crippen LogP contribution is -2.29. The molecule has 3 heterocycles. The van der Waals surface area contributed by atoms with Gasteiger partial charge in [0, 0.05) is 45.4 Å². The third-order valence-corrected chi connectivity index (χ3v) is 4.07. The third-order valence-electron chi connectivity index (χ3n) is 4.07. The average molecular weight is 328 g/mol. The summed E-state index contributed by atoms with van der Waals surface area (Å²) >= 11 is 0. The van der Waals surface area contributed by atoms with E-state index in [-0.39, 0.29) is 17.4 Å². The first kappa shape index (κ1) is 16.1. The molecule has 1 unspecified atom stereocenters. The number of likely N-dealkylation sites (tertiary alicyclic amines) is 1. The smallest absolute Gasteiger partial charge is 0.274 e. The van der Waals surface area contributed by atoms with Crippen LogP contribution >= 0.6 is 0 Å². The second-order valence-electron chi connectivity index (χ2n) is 6.17. The largest absolute Gasteiger partial charge is 0.348 e. The Hall–Kier alpha value is -2.77. The minimum Gasteiger partial charge on any atom is -0.348 e. The Morgan fingerprint density at radius 3 is 2.79 bits per heavy atom. The van der Waals surface area contributed by atoms with Crippen molar-refractivity contribution in [2.75, 3.05) is 32.1 Å². The molecule has 3 rings (SSSR count). The van der Waals surface area contributed by atoms with E-state index < -0.39 is 0 Å². The Bertz CT molecular complexity index is 799. The first-order valence-electron chi connectivity index (χ1n) is 7.80. The molecule has 1 atom stereocenters. The van der Waals surface area contributed by atoms with Gasteiger partial charge in [-0.2, -0.15) is 0 Å². The number of carbonyl (C=O) groups excluding carboxylic acids is 1. The van der Waals surface area contributed by atoms with Gasteiger partial charge < -0.3 is 9.80 Å². The fraction of sp³-hybridized carbons (Fsp3) is 0.438. The Kier molecular flexibility index (Phi) is 4.28. The van der Waals surface area contributed by atoms with Gasteiger partial charge >= 0.3 is 0 Å². The van der Waals surface area contributed by atoms with Crippen LogP contribution in [0.1, 0.15) is 34.2 Å². The van der Waals surface area contributed by atoms with Gasteiger partial charge in [0.2, 0.25) is 5.95 Å². The molecule has 1 N–H and O–H groups in total. The minimum absolute atomic E-state index is 0.0494. The molecule has 126 valence electrons. The van der Waals surface area contributed by atoms with E-state index in [1.807, 2.05) is 21.0 Å². The van der Waals surface area contributed by atoms with E-state index >= 15 is 0 Å². The molecule has 0 saturated carbocycles. The molecule has 8 heteroatoms. The fourth-order valence-electron chi connectivity index (χ4n) is 2.74. The zero-order chi connectivity index (χ0) is 17.3. The van der Waals surface area contributed by atoms with Crippen LogP contribution in [0.25, 0.3) is 0 Å². The molecule has 1 saturated heterocycles. The second kappa shape index (κ2) is 6.38. The van der Waals surface area contributed by atoms with E-state index in [9.17, 15) is 9.59 Å². The van der Waals surface area contributed by atoms with Gasteiger partial charge in [0.25, 0.3) is 11.5 Å². The molecule has 0 radical (unpaired) electrons. The van der Waals surface area contributed by atoms with Crippen molar-refractivity contribution >= 4 is 11.9 Å². The van der Waals surface area contributed by atoms with Gasteiger partial charge in [-0.1, -0.05) is 0 Å². The molecule has 8 nitrogen and oxygen atoms in total. The fourth-order valence-corrected chi connectivity index (χ4v) is 2.74. The number of carbonyl (C=O) groups is 1. The van der Waals surface area contributed by atoms with Gasteiger partial charge in [0.15, 0.2) is 0 Å². The van der Waals surface area contributed by atoms with Crippen LogP contribution in [0.3, 0.4) is 0 Å². The summed E-state index contributed by atoms with van der Waals surface area (Å²) in [4.78, 5) is 43.3. The van der Waals surface area contributed by atoms with Gasteiger partial charge in [0.05, 0.1) is 17.6 Å². The highest BCUT2D eigenvalue weighted by atomic mass is 16.2. The van der Waals surface area contributed by atoms with Crippen LogP contribution in [0, 0.1) is 6.92 Å². The Balaban J connectivity index is 1.77. The molecule has 1 aliphatic rings. The number of amides is 1. The summed E-state index contributed by atoms with van der Waals surface area (Å²) in [6, 6.07) is 1.51. The average Bonchev–Trinajstić information content (AvgIpc) is 3.04. The monoisotopic (exact) mass is 328 g/mol. The normalized spacial score (nSPS) is 17.1. The van der Waals surface area contributed by atoms with E-state index in [1.165, 1.54) is 12.3 Å². The number of hydrogen-bond donors (Lipinski definition) is 1. The number of aromatic nitrogens is 4. The molecule has 2 aromatic heterocycles. The molecule has 2 aromatic rings. The van der Waals surface area contributed by atoms with Crippen LogP contribution < -0.4 is 10.5 Å². The summed E-state index contributed by atoms with van der Waals surface area (Å²) in [6.07, 6.45) is 3.86. The highest BCUT2D eigenvalue weighted by Crippen LogP contribution is 2.26. The summed E-state index contributed by atoms with van der Waals surface area (Å²) in [5, 5.41) is 0. The predicted molar refractivity (Wildman–Crippen MR) is 89.2 cm³/mol. The minimum atomic E-state index is -0.183. The summed E-state index contributed by atoms with van der Waals surface area (Å²) in [5.74, 6) is 0.433. The summed E-state index contributed by atoms with van der Waals surface area (Å²) < 4.78 is 0. The maximum absolute atomic E-state index is 12.5. The lowest BCUT2D eigenvalue weighted by atomic mass is 10.1. The predicted octanol–water partition coefficient (Wildman–Crippen LogP) is 0.564. The van der Waals surface area contributed by atoms with Gasteiger partial charge in [-0.3, -0.25) is 19.6 Å². The Labute approximate surface area is 139 Å². The second-order valence-corrected chi connectivity index (χ2v) is 6.17. The first-order valence-corrected chi connectivity index (χ1v) is 7.80. The van der Waals surface area contributed by atoms with Crippen molar-refractivity contribution in [1.29, 1.82) is 0 Å². The van der Waals surface area contributed by atoms with Crippen molar-refractivity contribution in [1.82, 2.24) is 24.8 Å². The quantitative estimate of drug-likeness (QED) is 0.885. The summed E-state index contributed by atoms with van der Waals surface area (Å²) in [5.41, 5.74) is 1.65. The van der Waals surface area contributed by atoms with Crippen molar-refractivity contribution in [3.05, 3.63) is 45.9 Å². The van der Waals surface area contributed by atoms with Crippen LogP contribution in [0.4, 0.5) is 5.95 Å². The van der Waals surface area contributed by atoms with Gasteiger partial charge in [0.1, 0.15) is 5.69 Å². The molecular weight excluding hydrogens is 308 g/mol. The maximum atomic E-state index is 12.5. The van der Waals surface area contributed by atoms with E-state index in [0.717, 1.165) is 12.1 Å². The number of anilines is 1. The van der Waals surface area contributed by atoms with Gasteiger partial charge in [-0.15, -0.1) is 0 Å². The van der Waals surface area contributed by atoms with Crippen LogP contribution in [0.2, 0.25) is 0 Å². The van der Waals surface area contributed by atoms with E-state index in [4.69, 9.17) is 0 Å². The van der Waals surface area contributed by atoms with Crippen molar-refractivity contribution in [2.45, 2.75) is 19.3 Å². The summed E-state index contributed by atoms with van der Waals surface area (Å²) in [7, 11) is 3.64. The van der Waals surface area contributed by atoms with E-state index in [1.54, 1.807) is 16.0 Å². The lowest BCUT2D eigenvalue weighted by Gasteiger charge is -2.17. The van der Waals surface area contributed by atoms with Crippen LogP contribution in [-0.2, 0) is 0 Å². The molecular formula is C16H20N6O2. The molecule has 0 aliphatic carbocycles. The number of hydrogen-bond acceptors (Lipinski definition) is 6. The number of rotatable bonds is 3. The molecule has 1 amide bonds. The SMILES string of the molecule is Cc1cnc(C(=O)N2CCC(c3cc(=O)[nH]c(N(C)C)n3)C2)cn1. The standard InChI is InChI=1S/C16H20N6O2/c1-10-7-18-13(8-17-10)15(24)22-5-4-11(9-22)12-6-14(23)20-16(19-12)21(2)3/h6-8,11H,4-5,9H2,1-3H3,(H,19,20,23). The van der Waals surface area contributed by atoms with Crippen LogP contribution in [0.15, 0.2) is 23.3 Å². The zero-order valence-electron chi connectivity index (χ0n) is 14.0. The van der Waals surface area contributed by atoms with Crippen molar-refractivity contribution in [3.8, 4) is 0 Å². The first-order chi connectivity index (χ1) is 11.4. The lowest BCUT2D eigenvalue weighted by molar-refractivity contribution is 0.0784. The van der Waals surface area contributed by atoms with Gasteiger partial charge in [-0.05, 0) is 13.3 Å². The van der Waals surface area contributed by atoms with Crippen molar-refractivity contribution < 1.29 is 4.79 Å². The third kappa shape index (κ3) is 3.27. The number of nitrogens with zero attached hydrogens (tertiary/aromatic N) is 5. The number of aryl methyl sites for hydroxylation is 1. The molecule has 1 aliphatic heterocycles. The van der Waals surface area contributed by atoms with Crippen molar-refractivity contribution in [2.24, 2.45) is 0 Å². The topological polar surface area (TPSA) is 95.1 Å². The molecule has 1 fully saturated rings. The molecule has 24 heavy (non-hydrogen) atoms. The van der Waals surface area contributed by atoms with E-state index in [2.05, 4.69) is 19.9 Å². The number of H-pyrrole nitrogens is 1. The van der Waals surface area contributed by atoms with Crippen molar-refractivity contribution in [3.63, 3.8) is 0 Å². The molecule has 0 aromatic carbocycles. The Morgan fingerprint density at radius 1 is 1.33 bits per heavy atom. The number of nitrogens with one attached hydrogen (secondary N) is 1.